The number of benzene rings is 7. The number of nitro benzene ring substituents is 1. The van der Waals surface area contributed by atoms with Crippen molar-refractivity contribution in [3.05, 3.63) is 156 Å². The van der Waals surface area contributed by atoms with Crippen LogP contribution in [0, 0.1) is 22.1 Å². The Kier molecular flexibility index (Phi) is 18.9. The third-order valence-corrected chi connectivity index (χ3v) is 13.2. The van der Waals surface area contributed by atoms with Crippen LogP contribution < -0.4 is 27.2 Å². The zero-order valence-corrected chi connectivity index (χ0v) is 43.8. The van der Waals surface area contributed by atoms with Crippen molar-refractivity contribution >= 4 is 131 Å². The number of sulfonamides is 1. The van der Waals surface area contributed by atoms with E-state index < -0.39 is 101 Å². The number of nitrogens with one attached hydrogen (secondary N) is 2. The fourth-order valence-electron chi connectivity index (χ4n) is 6.60. The molecule has 0 aliphatic heterocycles. The standard InChI is InChI=1S/C34H27N11O11S3.C11H9F2N5.O3S/c35-19-1-14-27(26(36)17-19)41-38-20-2-4-23(5-3-20)44-57(49,50)25-12-8-22(9-13-25)40-43-33-29(59(54,55)56)16-18-15-28(58(51,52)53)32(31(37)30(18)34(33)46)42-39-21-6-10-24(11-7-21)45(47)48;1-14-18-8-4-2-3-7(5-8)15-10-6-9(12)16-11(13)17-10;1-4(2)3/h1-17,44,46H,35-37H2,(H,51,52,53)(H,54,55,56);2-6H,1H3,(H,15,16,17);. The molecule has 0 atom stereocenters. The van der Waals surface area contributed by atoms with E-state index in [0.29, 0.717) is 46.3 Å². The highest BCUT2D eigenvalue weighted by molar-refractivity contribution is 7.92. The summed E-state index contributed by atoms with van der Waals surface area (Å²) in [7, 11) is -16.1. The van der Waals surface area contributed by atoms with Crippen molar-refractivity contribution in [3.63, 3.8) is 0 Å². The van der Waals surface area contributed by atoms with E-state index >= 15 is 0 Å². The first-order valence-electron chi connectivity index (χ1n) is 21.7. The molecule has 418 valence electrons. The molecule has 36 heteroatoms. The normalized spacial score (nSPS) is 11.8. The molecule has 0 amide bonds. The van der Waals surface area contributed by atoms with E-state index in [1.54, 1.807) is 43.4 Å². The summed E-state index contributed by atoms with van der Waals surface area (Å²) in [4.78, 5) is 14.4. The molecule has 81 heavy (non-hydrogen) atoms. The lowest BCUT2D eigenvalue weighted by atomic mass is 10.1. The van der Waals surface area contributed by atoms with Crippen LogP contribution >= 0.6 is 0 Å². The highest BCUT2D eigenvalue weighted by Gasteiger charge is 2.28. The molecule has 0 saturated heterocycles. The Morgan fingerprint density at radius 2 is 1.17 bits per heavy atom. The third kappa shape index (κ3) is 16.4. The van der Waals surface area contributed by atoms with Gasteiger partial charge in [0.05, 0.1) is 49.3 Å². The van der Waals surface area contributed by atoms with Gasteiger partial charge < -0.3 is 27.6 Å². The number of phenolic OH excluding ortho intramolecular Hbond substituents is 1. The Labute approximate surface area is 456 Å². The number of hydrogen-bond acceptors (Lipinski definition) is 26. The Hall–Kier alpha value is -10.3. The highest BCUT2D eigenvalue weighted by Crippen LogP contribution is 2.48. The summed E-state index contributed by atoms with van der Waals surface area (Å²) in [5.41, 5.74) is 18.1. The summed E-state index contributed by atoms with van der Waals surface area (Å²) < 4.78 is 149. The van der Waals surface area contributed by atoms with Gasteiger partial charge in [-0.1, -0.05) is 6.07 Å². The van der Waals surface area contributed by atoms with Crippen LogP contribution in [-0.4, -0.2) is 74.0 Å². The average Bonchev–Trinajstić information content (AvgIpc) is 3.50. The number of phenols is 1. The second-order valence-corrected chi connectivity index (χ2v) is 20.5. The minimum absolute atomic E-state index is 0.0122. The quantitative estimate of drug-likeness (QED) is 0.00899. The summed E-state index contributed by atoms with van der Waals surface area (Å²) in [5, 5.41) is 55.0. The van der Waals surface area contributed by atoms with Crippen LogP contribution in [-0.2, 0) is 40.9 Å². The van der Waals surface area contributed by atoms with Crippen LogP contribution in [0.2, 0.25) is 0 Å². The zero-order chi connectivity index (χ0) is 59.4. The van der Waals surface area contributed by atoms with Crippen molar-refractivity contribution < 1.29 is 65.8 Å². The van der Waals surface area contributed by atoms with Gasteiger partial charge in [-0.2, -0.15) is 61.2 Å². The van der Waals surface area contributed by atoms with Gasteiger partial charge in [0, 0.05) is 42.3 Å². The van der Waals surface area contributed by atoms with Crippen LogP contribution in [0.3, 0.4) is 0 Å². The molecule has 0 fully saturated rings. The average molecular weight is 1190 g/mol. The molecule has 1 aromatic heterocycles. The Morgan fingerprint density at radius 3 is 1.72 bits per heavy atom. The number of aromatic nitrogens is 2. The van der Waals surface area contributed by atoms with Crippen molar-refractivity contribution in [2.45, 2.75) is 14.7 Å². The second kappa shape index (κ2) is 25.5. The number of non-ortho nitro benzene ring substituents is 1. The number of azo groups is 4. The summed E-state index contributed by atoms with van der Waals surface area (Å²) in [6, 6.07) is 29.1. The van der Waals surface area contributed by atoms with Gasteiger partial charge in [0.15, 0.2) is 5.75 Å². The minimum atomic E-state index is -5.22. The van der Waals surface area contributed by atoms with Crippen molar-refractivity contribution in [2.24, 2.45) is 40.9 Å². The Morgan fingerprint density at radius 1 is 0.630 bits per heavy atom. The minimum Gasteiger partial charge on any atom is -0.505 e. The predicted molar refractivity (Wildman–Crippen MR) is 286 cm³/mol. The van der Waals surface area contributed by atoms with E-state index in [9.17, 15) is 58.4 Å². The number of hydrogen-bond donors (Lipinski definition) is 8. The number of nitrogens with two attached hydrogens (primary N) is 3. The maximum Gasteiger partial charge on any atom is 0.425 e. The molecule has 0 radical (unpaired) electrons. The number of anilines is 6. The summed E-state index contributed by atoms with van der Waals surface area (Å²) in [6.45, 7) is 0. The molecule has 0 unspecified atom stereocenters. The van der Waals surface area contributed by atoms with Crippen LogP contribution in [0.1, 0.15) is 0 Å². The summed E-state index contributed by atoms with van der Waals surface area (Å²) in [5.74, 6) is -1.93. The molecule has 8 aromatic rings. The van der Waals surface area contributed by atoms with Gasteiger partial charge in [-0.25, -0.2) is 8.42 Å². The Bertz CT molecular complexity index is 4300. The topological polar surface area (TPSA) is 484 Å². The molecule has 7 aromatic carbocycles. The second-order valence-electron chi connectivity index (χ2n) is 15.6. The lowest BCUT2D eigenvalue weighted by molar-refractivity contribution is -0.384. The van der Waals surface area contributed by atoms with Gasteiger partial charge in [0.1, 0.15) is 32.7 Å². The van der Waals surface area contributed by atoms with Crippen molar-refractivity contribution in [2.75, 3.05) is 34.3 Å². The maximum atomic E-state index is 13.1. The van der Waals surface area contributed by atoms with Gasteiger partial charge in [-0.15, -0.1) is 28.0 Å². The molecule has 1 heterocycles. The lowest BCUT2D eigenvalue weighted by Crippen LogP contribution is -2.12. The number of rotatable bonds is 15. The summed E-state index contributed by atoms with van der Waals surface area (Å²) >= 11 is 0. The monoisotopic (exact) mass is 1190 g/mol. The molecular formula is C45H36F2N16O14S4. The van der Waals surface area contributed by atoms with E-state index in [-0.39, 0.29) is 33.5 Å². The van der Waals surface area contributed by atoms with Crippen LogP contribution in [0.15, 0.2) is 189 Å². The number of nitrogen functional groups attached to an aromatic ring is 3. The van der Waals surface area contributed by atoms with Crippen LogP contribution in [0.4, 0.5) is 88.5 Å². The number of halogens is 2. The fraction of sp³-hybridized carbons (Fsp3) is 0.0222. The highest BCUT2D eigenvalue weighted by atomic mass is 32.2. The van der Waals surface area contributed by atoms with Crippen LogP contribution in [0.25, 0.3) is 10.8 Å². The molecule has 0 bridgehead atoms. The molecule has 8 rings (SSSR count). The first-order chi connectivity index (χ1) is 38.1. The largest absolute Gasteiger partial charge is 0.505 e. The van der Waals surface area contributed by atoms with E-state index in [0.717, 1.165) is 30.3 Å². The molecule has 0 aliphatic rings. The molecule has 30 nitrogen and oxygen atoms in total. The first kappa shape index (κ1) is 60.0. The third-order valence-electron chi connectivity index (χ3n) is 10.1. The molecule has 11 N–H and O–H groups in total. The van der Waals surface area contributed by atoms with Crippen molar-refractivity contribution in [1.82, 2.24) is 9.97 Å². The fourth-order valence-corrected chi connectivity index (χ4v) is 8.99. The zero-order valence-electron chi connectivity index (χ0n) is 40.6. The van der Waals surface area contributed by atoms with Crippen molar-refractivity contribution in [1.29, 1.82) is 0 Å². The van der Waals surface area contributed by atoms with Gasteiger partial charge in [0.2, 0.25) is 5.95 Å². The lowest BCUT2D eigenvalue weighted by Gasteiger charge is -2.14. The van der Waals surface area contributed by atoms with Gasteiger partial charge in [-0.05, 0) is 115 Å². The van der Waals surface area contributed by atoms with E-state index in [2.05, 4.69) is 60.9 Å². The van der Waals surface area contributed by atoms with Crippen molar-refractivity contribution in [3.8, 4) is 5.75 Å². The number of nitrogens with zero attached hydrogens (tertiary/aromatic N) is 11. The number of aromatic hydroxyl groups is 1. The van der Waals surface area contributed by atoms with E-state index in [4.69, 9.17) is 29.8 Å². The van der Waals surface area contributed by atoms with Gasteiger partial charge in [-0.3, -0.25) is 23.9 Å². The summed E-state index contributed by atoms with van der Waals surface area (Å²) in [6.07, 6.45) is -1.12. The van der Waals surface area contributed by atoms with E-state index in [1.807, 2.05) is 0 Å². The van der Waals surface area contributed by atoms with Gasteiger partial charge >= 0.3 is 16.7 Å². The molecule has 0 saturated carbocycles. The Balaban J connectivity index is 0.000000399. The van der Waals surface area contributed by atoms with Gasteiger partial charge in [0.25, 0.3) is 35.9 Å². The SMILES string of the molecule is CN=Nc1cccc(Nc2cc(F)nc(F)n2)c1.Nc1ccc(N=Nc2ccc(NS(=O)(=O)c3ccc(N=Nc4c(S(=O)(=O)O)cc5cc(S(=O)(=O)O)c(N=Nc6ccc([N+](=O)[O-])cc6)c(N)c5c4O)cc3)cc2)c(N)c1.O=S(=O)=O. The van der Waals surface area contributed by atoms with E-state index in [1.165, 1.54) is 54.6 Å². The predicted octanol–water partition coefficient (Wildman–Crippen LogP) is 9.95. The smallest absolute Gasteiger partial charge is 0.425 e. The first-order valence-corrected chi connectivity index (χ1v) is 27.1. The molecule has 0 aliphatic carbocycles. The number of fused-ring (bicyclic) bond motifs is 1. The molecular weight excluding hydrogens is 1150 g/mol. The number of nitro groups is 1. The maximum absolute atomic E-state index is 13.1. The molecule has 0 spiro atoms. The van der Waals surface area contributed by atoms with Crippen LogP contribution in [0.5, 0.6) is 5.75 Å².